The van der Waals surface area contributed by atoms with Crippen LogP contribution in [0.15, 0.2) is 90.3 Å². The summed E-state index contributed by atoms with van der Waals surface area (Å²) in [5.74, 6) is 0. The third kappa shape index (κ3) is 5.57. The topological polar surface area (TPSA) is 57.4 Å². The van der Waals surface area contributed by atoms with E-state index in [0.717, 1.165) is 16.8 Å². The Morgan fingerprint density at radius 3 is 2.00 bits per heavy atom. The van der Waals surface area contributed by atoms with E-state index in [0.29, 0.717) is 18.3 Å². The Balaban J connectivity index is 1.55. The third-order valence-electron chi connectivity index (χ3n) is 6.22. The third-order valence-corrected chi connectivity index (χ3v) is 12.1. The number of nitrogen functional groups attached to an aromatic ring is 1. The summed E-state index contributed by atoms with van der Waals surface area (Å²) in [7, 11) is -2.60. The van der Waals surface area contributed by atoms with Gasteiger partial charge < -0.3 is 14.9 Å². The van der Waals surface area contributed by atoms with Crippen LogP contribution in [0.2, 0.25) is 5.04 Å². The normalized spacial score (nSPS) is 13.0. The second-order valence-corrected chi connectivity index (χ2v) is 15.0. The summed E-state index contributed by atoms with van der Waals surface area (Å²) in [5, 5.41) is 5.04. The Morgan fingerprint density at radius 2 is 1.46 bits per heavy atom. The standard InChI is InChI=1S/C29H34N2O2SSi/c1-22(19-32-20-23-13-11-12-18-26(23)27-21-34-28(30)31-27)33-35(29(2,3)4,24-14-7-5-8-15-24)25-16-9-6-10-17-25/h5-18,21-22H,19-20H2,1-4H3,(H2,30,31)/t22-/m1/s1. The van der Waals surface area contributed by atoms with Gasteiger partial charge in [-0.2, -0.15) is 0 Å². The molecule has 0 aliphatic heterocycles. The molecule has 0 saturated heterocycles. The van der Waals surface area contributed by atoms with Crippen molar-refractivity contribution >= 4 is 35.2 Å². The van der Waals surface area contributed by atoms with Crippen molar-refractivity contribution in [1.82, 2.24) is 4.98 Å². The van der Waals surface area contributed by atoms with Gasteiger partial charge in [-0.1, -0.05) is 106 Å². The fraction of sp³-hybridized carbons (Fsp3) is 0.276. The molecule has 35 heavy (non-hydrogen) atoms. The van der Waals surface area contributed by atoms with Crippen LogP contribution in [0.1, 0.15) is 33.3 Å². The number of hydrogen-bond donors (Lipinski definition) is 1. The van der Waals surface area contributed by atoms with E-state index < -0.39 is 8.32 Å². The molecule has 0 bridgehead atoms. The zero-order valence-corrected chi connectivity index (χ0v) is 22.7. The fourth-order valence-corrected chi connectivity index (χ4v) is 9.92. The van der Waals surface area contributed by atoms with Crippen LogP contribution >= 0.6 is 11.3 Å². The van der Waals surface area contributed by atoms with E-state index in [1.165, 1.54) is 21.7 Å². The van der Waals surface area contributed by atoms with Gasteiger partial charge in [0.25, 0.3) is 8.32 Å². The Morgan fingerprint density at radius 1 is 0.886 bits per heavy atom. The van der Waals surface area contributed by atoms with E-state index in [-0.39, 0.29) is 11.1 Å². The molecule has 0 spiro atoms. The maximum atomic E-state index is 7.12. The molecule has 6 heteroatoms. The lowest BCUT2D eigenvalue weighted by molar-refractivity contribution is 0.0450. The minimum Gasteiger partial charge on any atom is -0.402 e. The lowest BCUT2D eigenvalue weighted by atomic mass is 10.1. The van der Waals surface area contributed by atoms with Gasteiger partial charge >= 0.3 is 0 Å². The Labute approximate surface area is 213 Å². The van der Waals surface area contributed by atoms with Crippen LogP contribution in [0.3, 0.4) is 0 Å². The maximum Gasteiger partial charge on any atom is 0.261 e. The smallest absolute Gasteiger partial charge is 0.261 e. The maximum absolute atomic E-state index is 7.12. The average molecular weight is 503 g/mol. The summed E-state index contributed by atoms with van der Waals surface area (Å²) in [6.45, 7) is 9.99. The van der Waals surface area contributed by atoms with Crippen molar-refractivity contribution < 1.29 is 9.16 Å². The second-order valence-electron chi connectivity index (χ2n) is 9.83. The van der Waals surface area contributed by atoms with Crippen LogP contribution in [0.25, 0.3) is 11.3 Å². The van der Waals surface area contributed by atoms with Gasteiger partial charge in [0.1, 0.15) is 0 Å². The predicted octanol–water partition coefficient (Wildman–Crippen LogP) is 5.87. The van der Waals surface area contributed by atoms with Crippen molar-refractivity contribution in [3.63, 3.8) is 0 Å². The summed E-state index contributed by atoms with van der Waals surface area (Å²) in [5.41, 5.74) is 8.90. The zero-order valence-electron chi connectivity index (χ0n) is 20.9. The molecular formula is C29H34N2O2SSi. The largest absolute Gasteiger partial charge is 0.402 e. The number of hydrogen-bond acceptors (Lipinski definition) is 5. The van der Waals surface area contributed by atoms with Gasteiger partial charge in [-0.3, -0.25) is 0 Å². The van der Waals surface area contributed by atoms with E-state index in [1.54, 1.807) is 0 Å². The number of aromatic nitrogens is 1. The number of nitrogens with two attached hydrogens (primary N) is 1. The molecule has 4 aromatic rings. The number of benzene rings is 3. The van der Waals surface area contributed by atoms with Crippen molar-refractivity contribution in [3.05, 3.63) is 95.9 Å². The monoisotopic (exact) mass is 502 g/mol. The van der Waals surface area contributed by atoms with Gasteiger partial charge in [0.15, 0.2) is 5.13 Å². The van der Waals surface area contributed by atoms with Gasteiger partial charge in [-0.25, -0.2) is 4.98 Å². The lowest BCUT2D eigenvalue weighted by Crippen LogP contribution is -2.67. The molecule has 0 fully saturated rings. The highest BCUT2D eigenvalue weighted by atomic mass is 32.1. The first-order valence-electron chi connectivity index (χ1n) is 12.0. The first kappa shape index (κ1) is 25.3. The molecular weight excluding hydrogens is 468 g/mol. The molecule has 182 valence electrons. The predicted molar refractivity (Wildman–Crippen MR) is 150 cm³/mol. The lowest BCUT2D eigenvalue weighted by Gasteiger charge is -2.44. The van der Waals surface area contributed by atoms with Crippen LogP contribution in [0, 0.1) is 0 Å². The molecule has 0 aliphatic carbocycles. The Bertz CT molecular complexity index is 1180. The summed E-state index contributed by atoms with van der Waals surface area (Å²) < 4.78 is 13.3. The van der Waals surface area contributed by atoms with Crippen LogP contribution in [0.5, 0.6) is 0 Å². The van der Waals surface area contributed by atoms with E-state index in [2.05, 4.69) is 105 Å². The summed E-state index contributed by atoms with van der Waals surface area (Å²) in [6.07, 6.45) is -0.0802. The molecule has 0 saturated carbocycles. The number of ether oxygens (including phenoxy) is 1. The van der Waals surface area contributed by atoms with Crippen molar-refractivity contribution in [2.45, 2.75) is 45.4 Å². The SMILES string of the molecule is C[C@H](COCc1ccccc1-c1csc(N)n1)O[Si](c1ccccc1)(c1ccccc1)C(C)(C)C. The highest BCUT2D eigenvalue weighted by Crippen LogP contribution is 2.37. The van der Waals surface area contributed by atoms with Gasteiger partial charge in [-0.15, -0.1) is 11.3 Å². The molecule has 1 aromatic heterocycles. The van der Waals surface area contributed by atoms with E-state index in [4.69, 9.17) is 14.9 Å². The fourth-order valence-electron chi connectivity index (χ4n) is 4.67. The Kier molecular flexibility index (Phi) is 7.87. The summed E-state index contributed by atoms with van der Waals surface area (Å²) >= 11 is 1.45. The average Bonchev–Trinajstić information content (AvgIpc) is 3.29. The second kappa shape index (κ2) is 10.9. The van der Waals surface area contributed by atoms with E-state index >= 15 is 0 Å². The van der Waals surface area contributed by atoms with Gasteiger partial charge in [0.2, 0.25) is 0 Å². The van der Waals surface area contributed by atoms with Crippen LogP contribution in [-0.2, 0) is 15.8 Å². The first-order chi connectivity index (χ1) is 16.8. The molecule has 4 nitrogen and oxygen atoms in total. The Hall–Kier alpha value is -2.77. The number of rotatable bonds is 9. The van der Waals surface area contributed by atoms with Crippen LogP contribution < -0.4 is 16.1 Å². The van der Waals surface area contributed by atoms with Crippen LogP contribution in [-0.4, -0.2) is 26.0 Å². The first-order valence-corrected chi connectivity index (χ1v) is 14.8. The molecule has 2 N–H and O–H groups in total. The molecule has 0 aliphatic rings. The van der Waals surface area contributed by atoms with Gasteiger partial charge in [0.05, 0.1) is 25.0 Å². The minimum absolute atomic E-state index is 0.0683. The summed E-state index contributed by atoms with van der Waals surface area (Å²) in [6, 6.07) is 29.6. The molecule has 1 heterocycles. The van der Waals surface area contributed by atoms with Crippen LogP contribution in [0.4, 0.5) is 5.13 Å². The summed E-state index contributed by atoms with van der Waals surface area (Å²) in [4.78, 5) is 4.45. The molecule has 0 radical (unpaired) electrons. The van der Waals surface area contributed by atoms with Crippen molar-refractivity contribution in [1.29, 1.82) is 0 Å². The molecule has 3 aromatic carbocycles. The minimum atomic E-state index is -2.60. The van der Waals surface area contributed by atoms with Gasteiger partial charge in [-0.05, 0) is 27.9 Å². The molecule has 0 unspecified atom stereocenters. The molecule has 0 amide bonds. The number of thiazole rings is 1. The zero-order chi connectivity index (χ0) is 24.9. The highest BCUT2D eigenvalue weighted by molar-refractivity contribution is 7.13. The molecule has 1 atom stereocenters. The van der Waals surface area contributed by atoms with E-state index in [1.807, 2.05) is 17.5 Å². The van der Waals surface area contributed by atoms with Crippen molar-refractivity contribution in [3.8, 4) is 11.3 Å². The van der Waals surface area contributed by atoms with Crippen molar-refractivity contribution in [2.75, 3.05) is 12.3 Å². The van der Waals surface area contributed by atoms with E-state index in [9.17, 15) is 0 Å². The number of nitrogens with zero attached hydrogens (tertiary/aromatic N) is 1. The van der Waals surface area contributed by atoms with Crippen molar-refractivity contribution in [2.24, 2.45) is 0 Å². The van der Waals surface area contributed by atoms with Gasteiger partial charge in [0, 0.05) is 10.9 Å². The molecule has 4 rings (SSSR count). The highest BCUT2D eigenvalue weighted by Gasteiger charge is 2.51. The quantitative estimate of drug-likeness (QED) is 0.291. The number of anilines is 1.